The molecule has 0 amide bonds. The summed E-state index contributed by atoms with van der Waals surface area (Å²) in [6, 6.07) is 0. The molecule has 1 fully saturated rings. The predicted octanol–water partition coefficient (Wildman–Crippen LogP) is 4.43. The summed E-state index contributed by atoms with van der Waals surface area (Å²) in [6.45, 7) is 0. The van der Waals surface area contributed by atoms with Crippen LogP contribution in [0.4, 0.5) is 0 Å². The highest BCUT2D eigenvalue weighted by Crippen LogP contribution is 2.59. The van der Waals surface area contributed by atoms with Crippen molar-refractivity contribution >= 4 is 39.3 Å². The lowest BCUT2D eigenvalue weighted by Gasteiger charge is -2.17. The first-order valence-electron chi connectivity index (χ1n) is 4.26. The molecule has 1 rings (SSSR count). The molecule has 0 atom stereocenters. The Morgan fingerprint density at radius 3 is 2.00 bits per heavy atom. The van der Waals surface area contributed by atoms with E-state index in [9.17, 15) is 0 Å². The highest BCUT2D eigenvalue weighted by Gasteiger charge is 2.19. The van der Waals surface area contributed by atoms with E-state index in [4.69, 9.17) is 38.8 Å². The van der Waals surface area contributed by atoms with Gasteiger partial charge in [0, 0.05) is 0 Å². The topological polar surface area (TPSA) is 9.23 Å². The molecule has 0 heterocycles. The lowest BCUT2D eigenvalue weighted by Crippen LogP contribution is -2.06. The van der Waals surface area contributed by atoms with Crippen LogP contribution in [0.15, 0.2) is 0 Å². The zero-order chi connectivity index (χ0) is 9.03. The lowest BCUT2D eigenvalue weighted by molar-refractivity contribution is 0.213. The molecule has 0 aliphatic heterocycles. The second-order valence-electron chi connectivity index (χ2n) is 3.13. The standard InChI is InChI=1S/C7H13Cl2OPS/c8-11(9,12)10-7-5-3-1-2-4-6-7/h7H,1-6H2. The number of hydrogen-bond donors (Lipinski definition) is 0. The van der Waals surface area contributed by atoms with E-state index in [0.717, 1.165) is 12.8 Å². The van der Waals surface area contributed by atoms with E-state index in [0.29, 0.717) is 0 Å². The molecular formula is C7H13Cl2OPS. The summed E-state index contributed by atoms with van der Waals surface area (Å²) in [7, 11) is 0. The van der Waals surface area contributed by atoms with Crippen LogP contribution in [0, 0.1) is 0 Å². The SMILES string of the molecule is S=P(Cl)(Cl)OC1CCCCCC1. The third-order valence-electron chi connectivity index (χ3n) is 2.07. The molecule has 0 saturated heterocycles. The van der Waals surface area contributed by atoms with Crippen molar-refractivity contribution in [1.82, 2.24) is 0 Å². The maximum Gasteiger partial charge on any atom is 0.240 e. The van der Waals surface area contributed by atoms with Gasteiger partial charge in [-0.2, -0.15) is 0 Å². The predicted molar refractivity (Wildman–Crippen MR) is 58.6 cm³/mol. The first-order chi connectivity index (χ1) is 5.58. The van der Waals surface area contributed by atoms with Crippen molar-refractivity contribution < 1.29 is 4.52 Å². The van der Waals surface area contributed by atoms with E-state index >= 15 is 0 Å². The van der Waals surface area contributed by atoms with Crippen LogP contribution in [0.25, 0.3) is 0 Å². The summed E-state index contributed by atoms with van der Waals surface area (Å²) in [6.07, 6.45) is 7.38. The molecule has 5 heteroatoms. The average molecular weight is 247 g/mol. The quantitative estimate of drug-likeness (QED) is 0.527. The van der Waals surface area contributed by atoms with Crippen molar-refractivity contribution in [2.24, 2.45) is 0 Å². The van der Waals surface area contributed by atoms with Crippen molar-refractivity contribution in [3.8, 4) is 0 Å². The van der Waals surface area contributed by atoms with Crippen LogP contribution in [0.2, 0.25) is 0 Å². The van der Waals surface area contributed by atoms with Crippen LogP contribution in [-0.2, 0) is 16.3 Å². The maximum absolute atomic E-state index is 5.69. The molecule has 1 nitrogen and oxygen atoms in total. The van der Waals surface area contributed by atoms with Crippen molar-refractivity contribution in [3.05, 3.63) is 0 Å². The number of hydrogen-bond acceptors (Lipinski definition) is 2. The number of halogens is 2. The Labute approximate surface area is 88.4 Å². The Kier molecular flexibility index (Phi) is 4.85. The van der Waals surface area contributed by atoms with Gasteiger partial charge in [-0.3, -0.25) is 0 Å². The molecule has 1 saturated carbocycles. The van der Waals surface area contributed by atoms with Gasteiger partial charge in [0.2, 0.25) is 4.97 Å². The summed E-state index contributed by atoms with van der Waals surface area (Å²) >= 11 is 16.2. The van der Waals surface area contributed by atoms with Gasteiger partial charge in [-0.1, -0.05) is 25.7 Å². The van der Waals surface area contributed by atoms with Gasteiger partial charge in [0.25, 0.3) is 0 Å². The molecular weight excluding hydrogens is 234 g/mol. The van der Waals surface area contributed by atoms with E-state index in [-0.39, 0.29) is 6.10 Å². The van der Waals surface area contributed by atoms with Gasteiger partial charge in [0.05, 0.1) is 6.10 Å². The third kappa shape index (κ3) is 5.04. The molecule has 72 valence electrons. The van der Waals surface area contributed by atoms with E-state index in [1.54, 1.807) is 0 Å². The maximum atomic E-state index is 5.69. The van der Waals surface area contributed by atoms with Gasteiger partial charge in [0.15, 0.2) is 0 Å². The summed E-state index contributed by atoms with van der Waals surface area (Å²) in [4.78, 5) is -2.48. The Hall–Kier alpha value is 1.19. The van der Waals surface area contributed by atoms with Crippen molar-refractivity contribution in [3.63, 3.8) is 0 Å². The minimum absolute atomic E-state index is 0.216. The van der Waals surface area contributed by atoms with Gasteiger partial charge < -0.3 is 4.52 Å². The molecule has 0 aromatic heterocycles. The molecule has 1 aliphatic carbocycles. The summed E-state index contributed by atoms with van der Waals surface area (Å²) < 4.78 is 5.42. The summed E-state index contributed by atoms with van der Waals surface area (Å²) in [5.41, 5.74) is 0. The lowest BCUT2D eigenvalue weighted by atomic mass is 10.2. The monoisotopic (exact) mass is 246 g/mol. The first-order valence-corrected chi connectivity index (χ1v) is 8.79. The van der Waals surface area contributed by atoms with Gasteiger partial charge in [-0.25, -0.2) is 0 Å². The van der Waals surface area contributed by atoms with Crippen molar-refractivity contribution in [1.29, 1.82) is 0 Å². The zero-order valence-corrected chi connectivity index (χ0v) is 10.1. The van der Waals surface area contributed by atoms with Gasteiger partial charge in [-0.15, -0.1) is 0 Å². The largest absolute Gasteiger partial charge is 0.324 e. The van der Waals surface area contributed by atoms with Crippen LogP contribution in [0.5, 0.6) is 0 Å². The number of rotatable bonds is 2. The van der Waals surface area contributed by atoms with Gasteiger partial charge in [0.1, 0.15) is 0 Å². The molecule has 0 aromatic rings. The molecule has 1 aliphatic rings. The van der Waals surface area contributed by atoms with Crippen molar-refractivity contribution in [2.45, 2.75) is 44.6 Å². The fraction of sp³-hybridized carbons (Fsp3) is 1.00. The average Bonchev–Trinajstić information content (AvgIpc) is 2.12. The molecule has 12 heavy (non-hydrogen) atoms. The molecule has 0 unspecified atom stereocenters. The summed E-state index contributed by atoms with van der Waals surface area (Å²) in [5, 5.41) is 0. The molecule has 0 radical (unpaired) electrons. The Balaban J connectivity index is 2.35. The van der Waals surface area contributed by atoms with E-state index in [1.807, 2.05) is 0 Å². The fourth-order valence-corrected chi connectivity index (χ4v) is 3.12. The minimum atomic E-state index is -2.48. The molecule has 0 aromatic carbocycles. The summed E-state index contributed by atoms with van der Waals surface area (Å²) in [5.74, 6) is 0. The molecule has 0 N–H and O–H groups in total. The van der Waals surface area contributed by atoms with Crippen LogP contribution < -0.4 is 0 Å². The molecule has 0 spiro atoms. The van der Waals surface area contributed by atoms with E-state index < -0.39 is 4.97 Å². The fourth-order valence-electron chi connectivity index (χ4n) is 1.52. The van der Waals surface area contributed by atoms with Crippen LogP contribution in [-0.4, -0.2) is 6.10 Å². The van der Waals surface area contributed by atoms with Crippen LogP contribution in [0.3, 0.4) is 0 Å². The minimum Gasteiger partial charge on any atom is -0.324 e. The Bertz CT molecular complexity index is 174. The third-order valence-corrected chi connectivity index (χ3v) is 3.35. The Morgan fingerprint density at radius 1 is 1.08 bits per heavy atom. The zero-order valence-electron chi connectivity index (χ0n) is 6.84. The highest BCUT2D eigenvalue weighted by atomic mass is 35.9. The van der Waals surface area contributed by atoms with E-state index in [2.05, 4.69) is 0 Å². The van der Waals surface area contributed by atoms with Gasteiger partial charge in [-0.05, 0) is 47.1 Å². The second-order valence-corrected chi connectivity index (χ2v) is 10.3. The first kappa shape index (κ1) is 11.3. The van der Waals surface area contributed by atoms with Crippen molar-refractivity contribution in [2.75, 3.05) is 0 Å². The van der Waals surface area contributed by atoms with Crippen LogP contribution >= 0.6 is 27.5 Å². The van der Waals surface area contributed by atoms with Gasteiger partial charge >= 0.3 is 0 Å². The molecule has 0 bridgehead atoms. The highest BCUT2D eigenvalue weighted by molar-refractivity contribution is 8.36. The second kappa shape index (κ2) is 5.17. The normalized spacial score (nSPS) is 22.2. The van der Waals surface area contributed by atoms with Crippen LogP contribution in [0.1, 0.15) is 38.5 Å². The smallest absolute Gasteiger partial charge is 0.240 e. The van der Waals surface area contributed by atoms with E-state index in [1.165, 1.54) is 25.7 Å². The Morgan fingerprint density at radius 2 is 1.58 bits per heavy atom.